The number of fused-ring (bicyclic) bond motifs is 2. The molecule has 2 saturated carbocycles. The van der Waals surface area contributed by atoms with Crippen LogP contribution in [0, 0.1) is 41.2 Å². The lowest BCUT2D eigenvalue weighted by atomic mass is 9.50. The van der Waals surface area contributed by atoms with Crippen molar-refractivity contribution < 1.29 is 31.1 Å². The normalized spacial score (nSPS) is 34.4. The number of hydrogen-bond donors (Lipinski definition) is 0. The van der Waals surface area contributed by atoms with Crippen LogP contribution >= 0.6 is 0 Å². The topological polar surface area (TPSA) is 9.23 Å². The zero-order valence-corrected chi connectivity index (χ0v) is 17.1. The van der Waals surface area contributed by atoms with Gasteiger partial charge >= 0.3 is 6.11 Å². The van der Waals surface area contributed by atoms with Gasteiger partial charge in [0.1, 0.15) is 17.1 Å². The second-order valence-electron chi connectivity index (χ2n) is 9.45. The summed E-state index contributed by atoms with van der Waals surface area (Å²) in [7, 11) is 0. The summed E-state index contributed by atoms with van der Waals surface area (Å²) in [5.41, 5.74) is -3.59. The fourth-order valence-electron chi connectivity index (χ4n) is 5.75. The molecule has 1 nitrogen and oxygen atoms in total. The number of ether oxygens (including phenoxy) is 1. The SMILES string of the molecule is Cc1ccc(OC(F)(F)C23CCC(C4CCC(C)CC4)(CC2)C(F)=C3F)c(F)c1F. The van der Waals surface area contributed by atoms with Gasteiger partial charge in [-0.15, -0.1) is 0 Å². The molecule has 2 fully saturated rings. The van der Waals surface area contributed by atoms with Crippen molar-refractivity contribution in [3.05, 3.63) is 41.0 Å². The molecule has 0 aromatic heterocycles. The molecular formula is C23H26F6O. The number of allylic oxidation sites excluding steroid dienone is 1. The fraction of sp³-hybridized carbons (Fsp3) is 0.652. The van der Waals surface area contributed by atoms with Crippen molar-refractivity contribution in [2.75, 3.05) is 0 Å². The van der Waals surface area contributed by atoms with Crippen LogP contribution in [0.2, 0.25) is 0 Å². The molecule has 1 aromatic rings. The predicted octanol–water partition coefficient (Wildman–Crippen LogP) is 7.78. The molecule has 4 aliphatic carbocycles. The standard InChI is InChI=1S/C23H26F6O/c1-13-3-6-15(7-4-13)21-9-11-22(12-10-21,20(27)19(21)26)23(28,29)30-16-8-5-14(2)17(24)18(16)25/h5,8,13,15H,3-4,6-7,9-12H2,1-2H3. The molecule has 0 saturated heterocycles. The van der Waals surface area contributed by atoms with Crippen molar-refractivity contribution >= 4 is 0 Å². The van der Waals surface area contributed by atoms with Crippen LogP contribution < -0.4 is 4.74 Å². The van der Waals surface area contributed by atoms with Gasteiger partial charge in [-0.1, -0.05) is 25.8 Å². The molecule has 0 unspecified atom stereocenters. The van der Waals surface area contributed by atoms with Gasteiger partial charge in [0.2, 0.25) is 5.82 Å². The Morgan fingerprint density at radius 2 is 1.47 bits per heavy atom. The van der Waals surface area contributed by atoms with Crippen molar-refractivity contribution in [1.82, 2.24) is 0 Å². The molecule has 0 aliphatic heterocycles. The van der Waals surface area contributed by atoms with Gasteiger partial charge in [-0.3, -0.25) is 0 Å². The molecule has 0 amide bonds. The molecule has 0 atom stereocenters. The Morgan fingerprint density at radius 1 is 0.867 bits per heavy atom. The van der Waals surface area contributed by atoms with Crippen molar-refractivity contribution in [1.29, 1.82) is 0 Å². The van der Waals surface area contributed by atoms with Crippen molar-refractivity contribution in [2.45, 2.75) is 71.3 Å². The third-order valence-electron chi connectivity index (χ3n) is 7.88. The van der Waals surface area contributed by atoms with E-state index in [4.69, 9.17) is 0 Å². The first-order valence-electron chi connectivity index (χ1n) is 10.6. The van der Waals surface area contributed by atoms with E-state index in [0.29, 0.717) is 5.92 Å². The third-order valence-corrected chi connectivity index (χ3v) is 7.88. The summed E-state index contributed by atoms with van der Waals surface area (Å²) in [5.74, 6) is -5.96. The van der Waals surface area contributed by atoms with E-state index in [9.17, 15) is 8.78 Å². The maximum atomic E-state index is 15.3. The van der Waals surface area contributed by atoms with Crippen LogP contribution in [0.25, 0.3) is 0 Å². The van der Waals surface area contributed by atoms with Gasteiger partial charge in [-0.05, 0) is 68.9 Å². The predicted molar refractivity (Wildman–Crippen MR) is 100 cm³/mol. The molecule has 30 heavy (non-hydrogen) atoms. The summed E-state index contributed by atoms with van der Waals surface area (Å²) in [5, 5.41) is 0. The van der Waals surface area contributed by atoms with Gasteiger partial charge in [0.15, 0.2) is 11.6 Å². The average molecular weight is 432 g/mol. The molecule has 0 radical (unpaired) electrons. The highest BCUT2D eigenvalue weighted by molar-refractivity contribution is 5.33. The molecule has 0 N–H and O–H groups in total. The molecule has 7 heteroatoms. The van der Waals surface area contributed by atoms with E-state index in [1.807, 2.05) is 0 Å². The number of rotatable bonds is 4. The number of benzene rings is 1. The Labute approximate surface area is 172 Å². The highest BCUT2D eigenvalue weighted by Crippen LogP contribution is 2.68. The number of hydrogen-bond acceptors (Lipinski definition) is 1. The molecule has 0 heterocycles. The van der Waals surface area contributed by atoms with E-state index in [1.54, 1.807) is 0 Å². The number of halogens is 6. The highest BCUT2D eigenvalue weighted by atomic mass is 19.3. The van der Waals surface area contributed by atoms with Gasteiger partial charge in [0.05, 0.1) is 0 Å². The summed E-state index contributed by atoms with van der Waals surface area (Å²) in [4.78, 5) is 0. The molecule has 2 bridgehead atoms. The number of aryl methyl sites for hydroxylation is 1. The zero-order valence-electron chi connectivity index (χ0n) is 17.1. The summed E-state index contributed by atoms with van der Waals surface area (Å²) in [6, 6.07) is 1.99. The maximum absolute atomic E-state index is 15.3. The fourth-order valence-corrected chi connectivity index (χ4v) is 5.75. The summed E-state index contributed by atoms with van der Waals surface area (Å²) < 4.78 is 93.3. The van der Waals surface area contributed by atoms with E-state index < -0.39 is 46.0 Å². The summed E-state index contributed by atoms with van der Waals surface area (Å²) in [6.45, 7) is 3.41. The van der Waals surface area contributed by atoms with E-state index >= 15 is 17.6 Å². The molecular weight excluding hydrogens is 406 g/mol. The van der Waals surface area contributed by atoms with Crippen LogP contribution in [-0.2, 0) is 0 Å². The quantitative estimate of drug-likeness (QED) is 0.442. The molecule has 1 aromatic carbocycles. The monoisotopic (exact) mass is 432 g/mol. The Hall–Kier alpha value is -1.66. The molecule has 166 valence electrons. The van der Waals surface area contributed by atoms with Crippen LogP contribution in [0.5, 0.6) is 5.75 Å². The van der Waals surface area contributed by atoms with Gasteiger partial charge in [-0.25, -0.2) is 13.2 Å². The molecule has 5 rings (SSSR count). The van der Waals surface area contributed by atoms with Crippen molar-refractivity contribution in [3.8, 4) is 5.75 Å². The van der Waals surface area contributed by atoms with Crippen LogP contribution in [-0.4, -0.2) is 6.11 Å². The Morgan fingerprint density at radius 3 is 2.07 bits per heavy atom. The van der Waals surface area contributed by atoms with Crippen molar-refractivity contribution in [3.63, 3.8) is 0 Å². The van der Waals surface area contributed by atoms with Crippen LogP contribution in [0.4, 0.5) is 26.3 Å². The molecule has 4 aliphatic rings. The lowest BCUT2D eigenvalue weighted by Gasteiger charge is -2.55. The van der Waals surface area contributed by atoms with E-state index in [0.717, 1.165) is 37.8 Å². The minimum Gasteiger partial charge on any atom is -0.429 e. The minimum absolute atomic E-state index is 0.0593. The Balaban J connectivity index is 1.66. The van der Waals surface area contributed by atoms with Crippen molar-refractivity contribution in [2.24, 2.45) is 22.7 Å². The van der Waals surface area contributed by atoms with E-state index in [1.165, 1.54) is 6.92 Å². The summed E-state index contributed by atoms with van der Waals surface area (Å²) >= 11 is 0. The Kier molecular flexibility index (Phi) is 5.17. The average Bonchev–Trinajstić information content (AvgIpc) is 2.72. The Bertz CT molecular complexity index is 861. The zero-order chi connectivity index (χ0) is 21.9. The maximum Gasteiger partial charge on any atom is 0.410 e. The second kappa shape index (κ2) is 7.20. The first-order chi connectivity index (χ1) is 14.0. The summed E-state index contributed by atoms with van der Waals surface area (Å²) in [6.07, 6.45) is -1.23. The second-order valence-corrected chi connectivity index (χ2v) is 9.45. The first-order valence-corrected chi connectivity index (χ1v) is 10.6. The lowest BCUT2D eigenvalue weighted by molar-refractivity contribution is -0.274. The highest BCUT2D eigenvalue weighted by Gasteiger charge is 2.69. The van der Waals surface area contributed by atoms with E-state index in [-0.39, 0.29) is 37.2 Å². The van der Waals surface area contributed by atoms with Gasteiger partial charge in [-0.2, -0.15) is 13.2 Å². The smallest absolute Gasteiger partial charge is 0.410 e. The van der Waals surface area contributed by atoms with Gasteiger partial charge in [0.25, 0.3) is 0 Å². The van der Waals surface area contributed by atoms with Crippen LogP contribution in [0.1, 0.15) is 63.9 Å². The minimum atomic E-state index is -4.22. The molecule has 0 spiro atoms. The van der Waals surface area contributed by atoms with Crippen LogP contribution in [0.3, 0.4) is 0 Å². The third kappa shape index (κ3) is 2.98. The first kappa shape index (κ1) is 21.6. The largest absolute Gasteiger partial charge is 0.429 e. The van der Waals surface area contributed by atoms with Gasteiger partial charge in [0, 0.05) is 5.41 Å². The van der Waals surface area contributed by atoms with Gasteiger partial charge < -0.3 is 4.74 Å². The van der Waals surface area contributed by atoms with E-state index in [2.05, 4.69) is 11.7 Å². The lowest BCUT2D eigenvalue weighted by Crippen LogP contribution is -2.56. The number of alkyl halides is 2. The van der Waals surface area contributed by atoms with Crippen LogP contribution in [0.15, 0.2) is 23.8 Å².